The fraction of sp³-hybridized carbons (Fsp3) is 0.500. The van der Waals surface area contributed by atoms with Gasteiger partial charge in [0.2, 0.25) is 5.91 Å². The zero-order chi connectivity index (χ0) is 15.0. The Morgan fingerprint density at radius 3 is 2.86 bits per heavy atom. The molecule has 1 amide bonds. The first kappa shape index (κ1) is 13.9. The van der Waals surface area contributed by atoms with Gasteiger partial charge in [0, 0.05) is 5.92 Å². The highest BCUT2D eigenvalue weighted by atomic mass is 16.3. The van der Waals surface area contributed by atoms with Crippen LogP contribution in [0, 0.1) is 17.3 Å². The molecule has 0 aromatic heterocycles. The van der Waals surface area contributed by atoms with E-state index in [9.17, 15) is 15.0 Å². The standard InChI is InChI=1S/C16H20N2O3/c1-16-7-3-2-4-11(16)14(16)15(21)18-17-9-10-5-6-12(19)13(20)8-10/h5-6,8-9,11,14,19-20H,2-4,7H2,1H3,(H,18,21)/b17-9+/t11-,14+,16-/m0/s1. The maximum Gasteiger partial charge on any atom is 0.244 e. The second-order valence-electron chi connectivity index (χ2n) is 6.32. The van der Waals surface area contributed by atoms with Gasteiger partial charge in [-0.15, -0.1) is 0 Å². The van der Waals surface area contributed by atoms with Crippen LogP contribution < -0.4 is 5.43 Å². The summed E-state index contributed by atoms with van der Waals surface area (Å²) in [4.78, 5) is 12.2. The predicted octanol–water partition coefficient (Wildman–Crippen LogP) is 2.37. The minimum atomic E-state index is -0.203. The zero-order valence-corrected chi connectivity index (χ0v) is 12.0. The van der Waals surface area contributed by atoms with Crippen LogP contribution in [0.25, 0.3) is 0 Å². The summed E-state index contributed by atoms with van der Waals surface area (Å²) in [5, 5.41) is 22.5. The number of hydrogen-bond donors (Lipinski definition) is 3. The maximum atomic E-state index is 12.2. The lowest BCUT2D eigenvalue weighted by molar-refractivity contribution is -0.123. The van der Waals surface area contributed by atoms with Gasteiger partial charge in [0.25, 0.3) is 0 Å². The highest BCUT2D eigenvalue weighted by Gasteiger charge is 2.64. The Morgan fingerprint density at radius 2 is 2.19 bits per heavy atom. The number of nitrogens with zero attached hydrogens (tertiary/aromatic N) is 1. The molecule has 0 aliphatic heterocycles. The van der Waals surface area contributed by atoms with E-state index in [1.54, 1.807) is 6.07 Å². The van der Waals surface area contributed by atoms with Crippen LogP contribution in [0.4, 0.5) is 0 Å². The molecule has 5 heteroatoms. The lowest BCUT2D eigenvalue weighted by atomic mass is 9.90. The number of phenolic OH excluding ortho intramolecular Hbond substituents is 2. The van der Waals surface area contributed by atoms with E-state index in [-0.39, 0.29) is 28.7 Å². The summed E-state index contributed by atoms with van der Waals surface area (Å²) in [6.07, 6.45) is 6.17. The average Bonchev–Trinajstić information content (AvgIpc) is 3.08. The van der Waals surface area contributed by atoms with Crippen LogP contribution in [-0.2, 0) is 4.79 Å². The summed E-state index contributed by atoms with van der Waals surface area (Å²) in [6.45, 7) is 2.20. The fourth-order valence-electron chi connectivity index (χ4n) is 3.71. The Hall–Kier alpha value is -2.04. The maximum absolute atomic E-state index is 12.2. The molecule has 2 fully saturated rings. The SMILES string of the molecule is C[C@]12CCCC[C@H]1[C@@H]2C(=O)N/N=C/c1ccc(O)c(O)c1. The molecule has 0 radical (unpaired) electrons. The molecule has 3 N–H and O–H groups in total. The minimum Gasteiger partial charge on any atom is -0.504 e. The van der Waals surface area contributed by atoms with Crippen LogP contribution in [0.1, 0.15) is 38.2 Å². The third-order valence-electron chi connectivity index (χ3n) is 5.00. The monoisotopic (exact) mass is 288 g/mol. The number of carbonyl (C=O) groups excluding carboxylic acids is 1. The molecule has 112 valence electrons. The third kappa shape index (κ3) is 2.48. The Bertz CT molecular complexity index is 599. The van der Waals surface area contributed by atoms with Gasteiger partial charge in [0.1, 0.15) is 0 Å². The molecule has 0 saturated heterocycles. The topological polar surface area (TPSA) is 81.9 Å². The number of nitrogens with one attached hydrogen (secondary N) is 1. The molecule has 0 unspecified atom stereocenters. The summed E-state index contributed by atoms with van der Waals surface area (Å²) < 4.78 is 0. The van der Waals surface area contributed by atoms with Crippen LogP contribution in [0.15, 0.2) is 23.3 Å². The minimum absolute atomic E-state index is 0.0105. The highest BCUT2D eigenvalue weighted by Crippen LogP contribution is 2.66. The van der Waals surface area contributed by atoms with E-state index >= 15 is 0 Å². The number of hydrogen-bond acceptors (Lipinski definition) is 4. The van der Waals surface area contributed by atoms with Gasteiger partial charge in [-0.2, -0.15) is 5.10 Å². The molecule has 0 heterocycles. The summed E-state index contributed by atoms with van der Waals surface area (Å²) in [5.74, 6) is 0.213. The van der Waals surface area contributed by atoms with Gasteiger partial charge < -0.3 is 10.2 Å². The van der Waals surface area contributed by atoms with E-state index in [0.717, 1.165) is 12.8 Å². The first-order chi connectivity index (χ1) is 10.0. The smallest absolute Gasteiger partial charge is 0.244 e. The molecule has 1 aromatic rings. The summed E-state index contributed by atoms with van der Waals surface area (Å²) in [7, 11) is 0. The van der Waals surface area contributed by atoms with Gasteiger partial charge in [-0.1, -0.05) is 19.8 Å². The van der Waals surface area contributed by atoms with Crippen molar-refractivity contribution in [3.63, 3.8) is 0 Å². The van der Waals surface area contributed by atoms with Crippen LogP contribution in [-0.4, -0.2) is 22.3 Å². The Morgan fingerprint density at radius 1 is 1.38 bits per heavy atom. The van der Waals surface area contributed by atoms with Gasteiger partial charge in [-0.25, -0.2) is 5.43 Å². The normalized spacial score (nSPS) is 30.9. The number of hydrazone groups is 1. The van der Waals surface area contributed by atoms with E-state index in [1.165, 1.54) is 31.2 Å². The largest absolute Gasteiger partial charge is 0.504 e. The molecule has 3 atom stereocenters. The first-order valence-corrected chi connectivity index (χ1v) is 7.37. The van der Waals surface area contributed by atoms with Gasteiger partial charge in [0.05, 0.1) is 6.21 Å². The zero-order valence-electron chi connectivity index (χ0n) is 12.0. The second kappa shape index (κ2) is 5.06. The van der Waals surface area contributed by atoms with Gasteiger partial charge >= 0.3 is 0 Å². The van der Waals surface area contributed by atoms with Gasteiger partial charge in [-0.3, -0.25) is 4.79 Å². The molecule has 0 bridgehead atoms. The van der Waals surface area contributed by atoms with Crippen molar-refractivity contribution in [3.8, 4) is 11.5 Å². The van der Waals surface area contributed by atoms with Gasteiger partial charge in [0.15, 0.2) is 11.5 Å². The lowest BCUT2D eigenvalue weighted by Crippen LogP contribution is -2.22. The molecule has 21 heavy (non-hydrogen) atoms. The Labute approximate surface area is 123 Å². The van der Waals surface area contributed by atoms with Crippen molar-refractivity contribution in [2.24, 2.45) is 22.4 Å². The number of amides is 1. The quantitative estimate of drug-likeness (QED) is 0.454. The molecule has 5 nitrogen and oxygen atoms in total. The summed E-state index contributed by atoms with van der Waals surface area (Å²) in [6, 6.07) is 4.39. The number of aromatic hydroxyl groups is 2. The molecular weight excluding hydrogens is 268 g/mol. The molecule has 2 aliphatic carbocycles. The van der Waals surface area contributed by atoms with Crippen LogP contribution in [0.3, 0.4) is 0 Å². The number of phenols is 2. The molecule has 2 aliphatic rings. The summed E-state index contributed by atoms with van der Waals surface area (Å²) in [5.41, 5.74) is 3.39. The average molecular weight is 288 g/mol. The van der Waals surface area contributed by atoms with Crippen molar-refractivity contribution in [2.45, 2.75) is 32.6 Å². The van der Waals surface area contributed by atoms with Crippen LogP contribution in [0.2, 0.25) is 0 Å². The third-order valence-corrected chi connectivity index (χ3v) is 5.00. The van der Waals surface area contributed by atoms with E-state index in [0.29, 0.717) is 11.5 Å². The lowest BCUT2D eigenvalue weighted by Gasteiger charge is -2.15. The van der Waals surface area contributed by atoms with Crippen LogP contribution in [0.5, 0.6) is 11.5 Å². The number of fused-ring (bicyclic) bond motifs is 1. The van der Waals surface area contributed by atoms with Crippen molar-refractivity contribution >= 4 is 12.1 Å². The second-order valence-corrected chi connectivity index (χ2v) is 6.32. The Balaban J connectivity index is 1.59. The predicted molar refractivity (Wildman–Crippen MR) is 79.1 cm³/mol. The number of benzene rings is 1. The Kier molecular flexibility index (Phi) is 3.35. The van der Waals surface area contributed by atoms with E-state index < -0.39 is 0 Å². The van der Waals surface area contributed by atoms with Crippen molar-refractivity contribution in [1.29, 1.82) is 0 Å². The molecule has 3 rings (SSSR count). The van der Waals surface area contributed by atoms with E-state index in [4.69, 9.17) is 0 Å². The highest BCUT2D eigenvalue weighted by molar-refractivity contribution is 5.86. The molecule has 0 spiro atoms. The molecule has 1 aromatic carbocycles. The van der Waals surface area contributed by atoms with E-state index in [2.05, 4.69) is 17.5 Å². The van der Waals surface area contributed by atoms with E-state index in [1.807, 2.05) is 0 Å². The molecule has 2 saturated carbocycles. The van der Waals surface area contributed by atoms with Crippen molar-refractivity contribution in [1.82, 2.24) is 5.43 Å². The van der Waals surface area contributed by atoms with Crippen molar-refractivity contribution in [2.75, 3.05) is 0 Å². The number of carbonyl (C=O) groups is 1. The van der Waals surface area contributed by atoms with Crippen molar-refractivity contribution < 1.29 is 15.0 Å². The van der Waals surface area contributed by atoms with Crippen molar-refractivity contribution in [3.05, 3.63) is 23.8 Å². The summed E-state index contributed by atoms with van der Waals surface area (Å²) >= 11 is 0. The van der Waals surface area contributed by atoms with Gasteiger partial charge in [-0.05, 0) is 47.9 Å². The van der Waals surface area contributed by atoms with Crippen LogP contribution >= 0.6 is 0 Å². The number of rotatable bonds is 3. The molecular formula is C16H20N2O3. The fourth-order valence-corrected chi connectivity index (χ4v) is 3.71. The first-order valence-electron chi connectivity index (χ1n) is 7.37.